The van der Waals surface area contributed by atoms with Gasteiger partial charge in [-0.25, -0.2) is 0 Å². The van der Waals surface area contributed by atoms with Crippen LogP contribution in [0.2, 0.25) is 0 Å². The van der Waals surface area contributed by atoms with Gasteiger partial charge in [-0.3, -0.25) is 0 Å². The zero-order valence-electron chi connectivity index (χ0n) is 29.8. The van der Waals surface area contributed by atoms with Crippen molar-refractivity contribution in [1.82, 2.24) is 0 Å². The molecule has 0 aliphatic heterocycles. The summed E-state index contributed by atoms with van der Waals surface area (Å²) < 4.78 is 5.25. The number of nitrogens with zero attached hydrogens (tertiary/aromatic N) is 1. The second kappa shape index (κ2) is 13.1. The molecule has 0 saturated carbocycles. The first-order valence-electron chi connectivity index (χ1n) is 18.7. The predicted molar refractivity (Wildman–Crippen MR) is 241 cm³/mol. The molecular formula is C52H33NS2. The Morgan fingerprint density at radius 2 is 0.836 bits per heavy atom. The third-order valence-electron chi connectivity index (χ3n) is 10.9. The summed E-state index contributed by atoms with van der Waals surface area (Å²) >= 11 is 3.72. The molecule has 1 nitrogen and oxygen atoms in total. The van der Waals surface area contributed by atoms with Crippen molar-refractivity contribution in [1.29, 1.82) is 0 Å². The monoisotopic (exact) mass is 735 g/mol. The molecule has 3 heteroatoms. The van der Waals surface area contributed by atoms with Crippen molar-refractivity contribution < 1.29 is 0 Å². The minimum Gasteiger partial charge on any atom is -0.310 e. The SMILES string of the molecule is c1cc(-c2ccc(N(c3ccc(-c4ccc5sc6ccccc6c5c4)cc3)c3cccc4sc5ccccc5c34)cc2)cc(-c2cccc3ccccc23)c1. The fourth-order valence-electron chi connectivity index (χ4n) is 8.22. The summed E-state index contributed by atoms with van der Waals surface area (Å²) in [7, 11) is 0. The number of fused-ring (bicyclic) bond motifs is 7. The molecule has 0 N–H and O–H groups in total. The Kier molecular flexibility index (Phi) is 7.61. The topological polar surface area (TPSA) is 3.24 Å². The third-order valence-corrected chi connectivity index (χ3v) is 13.2. The first-order chi connectivity index (χ1) is 27.2. The smallest absolute Gasteiger partial charge is 0.0554 e. The molecule has 0 amide bonds. The molecule has 55 heavy (non-hydrogen) atoms. The molecule has 0 saturated heterocycles. The van der Waals surface area contributed by atoms with Crippen molar-refractivity contribution in [2.24, 2.45) is 0 Å². The van der Waals surface area contributed by atoms with Gasteiger partial charge in [0.15, 0.2) is 0 Å². The Labute approximate surface area is 327 Å². The van der Waals surface area contributed by atoms with Gasteiger partial charge in [-0.1, -0.05) is 133 Å². The van der Waals surface area contributed by atoms with Crippen molar-refractivity contribution in [2.45, 2.75) is 0 Å². The highest BCUT2D eigenvalue weighted by atomic mass is 32.1. The van der Waals surface area contributed by atoms with Crippen LogP contribution in [0.5, 0.6) is 0 Å². The Hall–Kier alpha value is -6.52. The van der Waals surface area contributed by atoms with Crippen molar-refractivity contribution in [3.63, 3.8) is 0 Å². The molecular weight excluding hydrogens is 703 g/mol. The highest BCUT2D eigenvalue weighted by Gasteiger charge is 2.19. The van der Waals surface area contributed by atoms with Crippen LogP contribution in [0.25, 0.3) is 84.5 Å². The Morgan fingerprint density at radius 3 is 1.62 bits per heavy atom. The number of thiophene rings is 2. The normalized spacial score (nSPS) is 11.6. The van der Waals surface area contributed by atoms with Gasteiger partial charge in [-0.15, -0.1) is 22.7 Å². The van der Waals surface area contributed by atoms with Gasteiger partial charge in [-0.2, -0.15) is 0 Å². The van der Waals surface area contributed by atoms with Crippen LogP contribution in [0.15, 0.2) is 200 Å². The molecule has 0 aliphatic carbocycles. The highest BCUT2D eigenvalue weighted by molar-refractivity contribution is 7.26. The molecule has 0 bridgehead atoms. The number of benzene rings is 9. The first-order valence-corrected chi connectivity index (χ1v) is 20.3. The van der Waals surface area contributed by atoms with Crippen LogP contribution < -0.4 is 4.90 Å². The van der Waals surface area contributed by atoms with Gasteiger partial charge < -0.3 is 4.90 Å². The molecule has 2 heterocycles. The van der Waals surface area contributed by atoms with E-state index in [-0.39, 0.29) is 0 Å². The second-order valence-corrected chi connectivity index (χ2v) is 16.3. The maximum Gasteiger partial charge on any atom is 0.0554 e. The molecule has 11 aromatic rings. The van der Waals surface area contributed by atoms with E-state index in [9.17, 15) is 0 Å². The van der Waals surface area contributed by atoms with E-state index in [1.54, 1.807) is 0 Å². The van der Waals surface area contributed by atoms with E-state index in [0.29, 0.717) is 0 Å². The van der Waals surface area contributed by atoms with E-state index < -0.39 is 0 Å². The van der Waals surface area contributed by atoms with Crippen LogP contribution in [0.1, 0.15) is 0 Å². The van der Waals surface area contributed by atoms with Gasteiger partial charge in [0.05, 0.1) is 5.69 Å². The number of hydrogen-bond acceptors (Lipinski definition) is 3. The molecule has 2 aromatic heterocycles. The number of rotatable bonds is 6. The number of anilines is 3. The Bertz CT molecular complexity index is 3200. The lowest BCUT2D eigenvalue weighted by atomic mass is 9.95. The average Bonchev–Trinajstić information content (AvgIpc) is 3.83. The molecule has 0 unspecified atom stereocenters. The van der Waals surface area contributed by atoms with Crippen molar-refractivity contribution >= 4 is 90.9 Å². The maximum absolute atomic E-state index is 2.43. The van der Waals surface area contributed by atoms with Crippen molar-refractivity contribution in [3.05, 3.63) is 200 Å². The Balaban J connectivity index is 1.01. The maximum atomic E-state index is 2.43. The molecule has 9 aromatic carbocycles. The van der Waals surface area contributed by atoms with Crippen LogP contribution in [0.4, 0.5) is 17.1 Å². The molecule has 0 aliphatic rings. The van der Waals surface area contributed by atoms with E-state index in [1.165, 1.54) is 90.2 Å². The standard InChI is InChI=1S/C52H33NS2/c1-2-14-42-36(10-1)11-8-17-43(42)39-13-7-12-37(32-39)34-22-27-40(28-23-34)53(47-18-9-21-51-52(47)45-16-4-6-20-49(45)55-51)41-29-24-35(25-30-41)38-26-31-50-46(33-38)44-15-3-5-19-48(44)54-50/h1-33H. The van der Waals surface area contributed by atoms with Crippen LogP contribution in [0, 0.1) is 0 Å². The van der Waals surface area contributed by atoms with Crippen LogP contribution in [-0.2, 0) is 0 Å². The van der Waals surface area contributed by atoms with E-state index in [1.807, 2.05) is 22.7 Å². The molecule has 0 fully saturated rings. The summed E-state index contributed by atoms with van der Waals surface area (Å²) in [5, 5.41) is 7.75. The van der Waals surface area contributed by atoms with Gasteiger partial charge >= 0.3 is 0 Å². The summed E-state index contributed by atoms with van der Waals surface area (Å²) in [6.07, 6.45) is 0. The average molecular weight is 736 g/mol. The fourth-order valence-corrected chi connectivity index (χ4v) is 10.4. The molecule has 0 spiro atoms. The largest absolute Gasteiger partial charge is 0.310 e. The number of hydrogen-bond donors (Lipinski definition) is 0. The second-order valence-electron chi connectivity index (χ2n) is 14.1. The summed E-state index contributed by atoms with van der Waals surface area (Å²) in [6.45, 7) is 0. The Morgan fingerprint density at radius 1 is 0.309 bits per heavy atom. The molecule has 0 atom stereocenters. The lowest BCUT2D eigenvalue weighted by Gasteiger charge is -2.27. The highest BCUT2D eigenvalue weighted by Crippen LogP contribution is 2.46. The summed E-state index contributed by atoms with van der Waals surface area (Å²) in [5.74, 6) is 0. The van der Waals surface area contributed by atoms with E-state index >= 15 is 0 Å². The molecule has 258 valence electrons. The minimum atomic E-state index is 1.12. The lowest BCUT2D eigenvalue weighted by molar-refractivity contribution is 1.30. The fraction of sp³-hybridized carbons (Fsp3) is 0. The zero-order valence-corrected chi connectivity index (χ0v) is 31.4. The summed E-state index contributed by atoms with van der Waals surface area (Å²) in [5.41, 5.74) is 10.7. The first kappa shape index (κ1) is 32.0. The molecule has 0 radical (unpaired) electrons. The lowest BCUT2D eigenvalue weighted by Crippen LogP contribution is -2.10. The van der Waals surface area contributed by atoms with Gasteiger partial charge in [0.2, 0.25) is 0 Å². The van der Waals surface area contributed by atoms with E-state index in [4.69, 9.17) is 0 Å². The van der Waals surface area contributed by atoms with Crippen LogP contribution >= 0.6 is 22.7 Å². The van der Waals surface area contributed by atoms with Gasteiger partial charge in [0.25, 0.3) is 0 Å². The quantitative estimate of drug-likeness (QED) is 0.164. The van der Waals surface area contributed by atoms with Crippen molar-refractivity contribution in [2.75, 3.05) is 4.90 Å². The zero-order chi connectivity index (χ0) is 36.3. The minimum absolute atomic E-state index is 1.12. The van der Waals surface area contributed by atoms with Crippen LogP contribution in [0.3, 0.4) is 0 Å². The van der Waals surface area contributed by atoms with Crippen LogP contribution in [-0.4, -0.2) is 0 Å². The summed E-state index contributed by atoms with van der Waals surface area (Å²) in [6, 6.07) is 73.4. The summed E-state index contributed by atoms with van der Waals surface area (Å²) in [4.78, 5) is 2.43. The van der Waals surface area contributed by atoms with E-state index in [0.717, 1.165) is 11.4 Å². The van der Waals surface area contributed by atoms with Gasteiger partial charge in [0.1, 0.15) is 0 Å². The van der Waals surface area contributed by atoms with E-state index in [2.05, 4.69) is 205 Å². The predicted octanol–water partition coefficient (Wildman–Crippen LogP) is 16.0. The van der Waals surface area contributed by atoms with Gasteiger partial charge in [0, 0.05) is 51.7 Å². The van der Waals surface area contributed by atoms with Gasteiger partial charge in [-0.05, 0) is 111 Å². The van der Waals surface area contributed by atoms with Crippen molar-refractivity contribution in [3.8, 4) is 33.4 Å². The third kappa shape index (κ3) is 5.51. The molecule has 11 rings (SSSR count).